The zero-order chi connectivity index (χ0) is 23.6. The number of aromatic nitrogens is 1. The molecular formula is C24H34ClN3O3S2. The summed E-state index contributed by atoms with van der Waals surface area (Å²) < 4.78 is 29.4. The Balaban J connectivity index is 1.36. The van der Waals surface area contributed by atoms with Gasteiger partial charge in [-0.1, -0.05) is 6.92 Å². The lowest BCUT2D eigenvalue weighted by atomic mass is 9.88. The van der Waals surface area contributed by atoms with E-state index in [0.29, 0.717) is 21.6 Å². The topological polar surface area (TPSA) is 82.3 Å². The summed E-state index contributed by atoms with van der Waals surface area (Å²) in [5, 5.41) is 0.348. The van der Waals surface area contributed by atoms with Crippen molar-refractivity contribution < 1.29 is 8.42 Å². The molecule has 0 aromatic carbocycles. The summed E-state index contributed by atoms with van der Waals surface area (Å²) >= 11 is 7.48. The molecule has 0 spiro atoms. The van der Waals surface area contributed by atoms with Crippen molar-refractivity contribution in [2.45, 2.75) is 74.4 Å². The minimum atomic E-state index is -3.57. The van der Waals surface area contributed by atoms with E-state index in [0.717, 1.165) is 67.4 Å². The molecule has 1 aliphatic heterocycles. The average molecular weight is 512 g/mol. The Kier molecular flexibility index (Phi) is 8.01. The lowest BCUT2D eigenvalue weighted by Gasteiger charge is -2.36. The van der Waals surface area contributed by atoms with Crippen LogP contribution < -0.4 is 10.3 Å². The summed E-state index contributed by atoms with van der Waals surface area (Å²) in [6.07, 6.45) is 6.94. The molecule has 0 atom stereocenters. The van der Waals surface area contributed by atoms with Gasteiger partial charge in [-0.15, -0.1) is 22.9 Å². The van der Waals surface area contributed by atoms with Crippen LogP contribution in [0, 0.1) is 12.8 Å². The Morgan fingerprint density at radius 3 is 2.52 bits per heavy atom. The molecule has 6 nitrogen and oxygen atoms in total. The number of piperidine rings is 1. The maximum atomic E-state index is 13.1. The first-order chi connectivity index (χ1) is 15.7. The van der Waals surface area contributed by atoms with E-state index in [1.807, 2.05) is 26.0 Å². The SMILES string of the molecule is CCc1cc(-c2ccc(S(=O)(=O)NC3CCN(CC4CCC(Cl)CC4)CC3)s2)c(C)[nH]c1=O. The fraction of sp³-hybridized carbons (Fsp3) is 0.625. The van der Waals surface area contributed by atoms with Crippen LogP contribution in [0.1, 0.15) is 56.7 Å². The van der Waals surface area contributed by atoms with Crippen molar-refractivity contribution in [2.24, 2.45) is 5.92 Å². The zero-order valence-electron chi connectivity index (χ0n) is 19.4. The molecule has 33 heavy (non-hydrogen) atoms. The van der Waals surface area contributed by atoms with Crippen LogP contribution in [0.15, 0.2) is 27.2 Å². The molecule has 0 bridgehead atoms. The highest BCUT2D eigenvalue weighted by Crippen LogP contribution is 2.33. The highest BCUT2D eigenvalue weighted by molar-refractivity contribution is 7.91. The molecule has 1 aliphatic carbocycles. The van der Waals surface area contributed by atoms with Gasteiger partial charge in [-0.05, 0) is 89.1 Å². The van der Waals surface area contributed by atoms with Crippen molar-refractivity contribution in [2.75, 3.05) is 19.6 Å². The van der Waals surface area contributed by atoms with Crippen LogP contribution in [0.2, 0.25) is 0 Å². The molecule has 182 valence electrons. The number of H-pyrrole nitrogens is 1. The van der Waals surface area contributed by atoms with Gasteiger partial charge in [-0.3, -0.25) is 4.79 Å². The van der Waals surface area contributed by atoms with Gasteiger partial charge in [0.05, 0.1) is 0 Å². The summed E-state index contributed by atoms with van der Waals surface area (Å²) in [5.41, 5.74) is 2.26. The van der Waals surface area contributed by atoms with Gasteiger partial charge < -0.3 is 9.88 Å². The van der Waals surface area contributed by atoms with E-state index in [1.165, 1.54) is 24.2 Å². The van der Waals surface area contributed by atoms with Gasteiger partial charge in [-0.2, -0.15) is 0 Å². The minimum absolute atomic E-state index is 0.0307. The molecule has 2 aromatic rings. The second kappa shape index (κ2) is 10.6. The van der Waals surface area contributed by atoms with Crippen molar-refractivity contribution in [3.05, 3.63) is 39.8 Å². The van der Waals surface area contributed by atoms with E-state index >= 15 is 0 Å². The van der Waals surface area contributed by atoms with Crippen molar-refractivity contribution >= 4 is 33.0 Å². The van der Waals surface area contributed by atoms with Crippen LogP contribution >= 0.6 is 22.9 Å². The molecule has 3 heterocycles. The van der Waals surface area contributed by atoms with Crippen LogP contribution in [0.25, 0.3) is 10.4 Å². The maximum absolute atomic E-state index is 13.1. The van der Waals surface area contributed by atoms with Crippen LogP contribution in [0.3, 0.4) is 0 Å². The van der Waals surface area contributed by atoms with Gasteiger partial charge in [0.2, 0.25) is 10.0 Å². The third-order valence-electron chi connectivity index (χ3n) is 7.01. The number of hydrogen-bond donors (Lipinski definition) is 2. The summed E-state index contributed by atoms with van der Waals surface area (Å²) in [7, 11) is -3.57. The number of likely N-dealkylation sites (tertiary alicyclic amines) is 1. The van der Waals surface area contributed by atoms with E-state index in [-0.39, 0.29) is 11.6 Å². The fourth-order valence-electron chi connectivity index (χ4n) is 4.97. The summed E-state index contributed by atoms with van der Waals surface area (Å²) in [4.78, 5) is 18.2. The first-order valence-electron chi connectivity index (χ1n) is 12.0. The Labute approximate surface area is 205 Å². The van der Waals surface area contributed by atoms with Gasteiger partial charge >= 0.3 is 0 Å². The van der Waals surface area contributed by atoms with Gasteiger partial charge in [0, 0.05) is 39.7 Å². The molecule has 0 unspecified atom stereocenters. The minimum Gasteiger partial charge on any atom is -0.326 e. The first kappa shape index (κ1) is 24.9. The number of hydrogen-bond acceptors (Lipinski definition) is 5. The normalized spacial score (nSPS) is 23.1. The lowest BCUT2D eigenvalue weighted by Crippen LogP contribution is -2.45. The largest absolute Gasteiger partial charge is 0.326 e. The fourth-order valence-corrected chi connectivity index (χ4v) is 7.93. The molecule has 0 amide bonds. The molecule has 1 saturated carbocycles. The van der Waals surface area contributed by atoms with Crippen LogP contribution in [0.5, 0.6) is 0 Å². The van der Waals surface area contributed by atoms with E-state index in [9.17, 15) is 13.2 Å². The molecule has 2 fully saturated rings. The Hall–Kier alpha value is -1.19. The van der Waals surface area contributed by atoms with E-state index < -0.39 is 10.0 Å². The molecule has 4 rings (SSSR count). The molecule has 9 heteroatoms. The number of aryl methyl sites for hydroxylation is 2. The second-order valence-corrected chi connectivity index (χ2v) is 13.1. The van der Waals surface area contributed by atoms with Gasteiger partial charge in [0.15, 0.2) is 0 Å². The second-order valence-electron chi connectivity index (χ2n) is 9.45. The predicted octanol–water partition coefficient (Wildman–Crippen LogP) is 4.51. The number of sulfonamides is 1. The third-order valence-corrected chi connectivity index (χ3v) is 10.6. The van der Waals surface area contributed by atoms with E-state index in [2.05, 4.69) is 14.6 Å². The van der Waals surface area contributed by atoms with Gasteiger partial charge in [0.25, 0.3) is 5.56 Å². The smallest absolute Gasteiger partial charge is 0.251 e. The van der Waals surface area contributed by atoms with Crippen LogP contribution in [-0.4, -0.2) is 49.4 Å². The highest BCUT2D eigenvalue weighted by Gasteiger charge is 2.28. The molecule has 2 aliphatic rings. The monoisotopic (exact) mass is 511 g/mol. The Morgan fingerprint density at radius 2 is 1.85 bits per heavy atom. The highest BCUT2D eigenvalue weighted by atomic mass is 35.5. The number of halogens is 1. The van der Waals surface area contributed by atoms with Crippen molar-refractivity contribution in [1.82, 2.24) is 14.6 Å². The van der Waals surface area contributed by atoms with Crippen LogP contribution in [-0.2, 0) is 16.4 Å². The quantitative estimate of drug-likeness (QED) is 0.535. The number of nitrogens with one attached hydrogen (secondary N) is 2. The van der Waals surface area contributed by atoms with E-state index in [1.54, 1.807) is 6.07 Å². The third kappa shape index (κ3) is 6.09. The molecule has 2 N–H and O–H groups in total. The average Bonchev–Trinajstić information content (AvgIpc) is 3.28. The standard InChI is InChI=1S/C24H34ClN3O3S2/c1-3-18-14-21(16(2)26-24(18)29)22-8-9-23(32-22)33(30,31)27-20-10-12-28(13-11-20)15-17-4-6-19(25)7-5-17/h8-9,14,17,19-20,27H,3-7,10-13,15H2,1-2H3,(H,26,29). The number of thiophene rings is 1. The molecule has 0 radical (unpaired) electrons. The Morgan fingerprint density at radius 1 is 1.15 bits per heavy atom. The molecule has 2 aromatic heterocycles. The summed E-state index contributed by atoms with van der Waals surface area (Å²) in [5.74, 6) is 0.724. The summed E-state index contributed by atoms with van der Waals surface area (Å²) in [6, 6.07) is 5.34. The van der Waals surface area contributed by atoms with Crippen molar-refractivity contribution in [3.63, 3.8) is 0 Å². The van der Waals surface area contributed by atoms with Gasteiger partial charge in [-0.25, -0.2) is 13.1 Å². The number of alkyl halides is 1. The van der Waals surface area contributed by atoms with Gasteiger partial charge in [0.1, 0.15) is 4.21 Å². The van der Waals surface area contributed by atoms with Crippen molar-refractivity contribution in [3.8, 4) is 10.4 Å². The Bertz CT molecular complexity index is 1110. The number of pyridine rings is 1. The molecular weight excluding hydrogens is 478 g/mol. The maximum Gasteiger partial charge on any atom is 0.251 e. The van der Waals surface area contributed by atoms with Crippen LogP contribution in [0.4, 0.5) is 0 Å². The number of aromatic amines is 1. The molecule has 1 saturated heterocycles. The van der Waals surface area contributed by atoms with Crippen molar-refractivity contribution in [1.29, 1.82) is 0 Å². The van der Waals surface area contributed by atoms with E-state index in [4.69, 9.17) is 11.6 Å². The first-order valence-corrected chi connectivity index (χ1v) is 14.7. The predicted molar refractivity (Wildman–Crippen MR) is 136 cm³/mol. The summed E-state index contributed by atoms with van der Waals surface area (Å²) in [6.45, 7) is 6.75. The zero-order valence-corrected chi connectivity index (χ0v) is 21.8. The number of nitrogens with zero attached hydrogens (tertiary/aromatic N) is 1. The lowest BCUT2D eigenvalue weighted by molar-refractivity contribution is 0.162. The number of rotatable bonds is 7.